The van der Waals surface area contributed by atoms with Crippen molar-refractivity contribution in [2.24, 2.45) is 5.92 Å². The minimum atomic E-state index is -0.191. The van der Waals surface area contributed by atoms with Crippen molar-refractivity contribution < 1.29 is 9.59 Å². The summed E-state index contributed by atoms with van der Waals surface area (Å²) in [6, 6.07) is 8.32. The second kappa shape index (κ2) is 7.29. The molecule has 1 aliphatic rings. The smallest absolute Gasteiger partial charge is 0.225 e. The van der Waals surface area contributed by atoms with Crippen molar-refractivity contribution in [3.8, 4) is 0 Å². The summed E-state index contributed by atoms with van der Waals surface area (Å²) in [7, 11) is 4.02. The van der Waals surface area contributed by atoms with Crippen LogP contribution in [0.4, 0.5) is 5.69 Å². The number of nitrogens with one attached hydrogen (secondary N) is 1. The second-order valence-corrected chi connectivity index (χ2v) is 5.94. The zero-order chi connectivity index (χ0) is 16.1. The Bertz CT molecular complexity index is 525. The molecule has 1 aromatic carbocycles. The predicted molar refractivity (Wildman–Crippen MR) is 87.8 cm³/mol. The topological polar surface area (TPSA) is 52.7 Å². The Morgan fingerprint density at radius 1 is 1.32 bits per heavy atom. The van der Waals surface area contributed by atoms with E-state index < -0.39 is 0 Å². The lowest BCUT2D eigenvalue weighted by molar-refractivity contribution is -0.128. The van der Waals surface area contributed by atoms with Crippen molar-refractivity contribution in [2.45, 2.75) is 19.8 Å². The molecule has 1 aromatic rings. The molecule has 0 saturated carbocycles. The zero-order valence-electron chi connectivity index (χ0n) is 13.6. The summed E-state index contributed by atoms with van der Waals surface area (Å²) in [6.07, 6.45) is 1.15. The Morgan fingerprint density at radius 2 is 2.00 bits per heavy atom. The van der Waals surface area contributed by atoms with E-state index in [0.29, 0.717) is 26.1 Å². The van der Waals surface area contributed by atoms with E-state index in [2.05, 4.69) is 34.5 Å². The van der Waals surface area contributed by atoms with Gasteiger partial charge in [-0.15, -0.1) is 0 Å². The van der Waals surface area contributed by atoms with Crippen molar-refractivity contribution in [3.05, 3.63) is 29.8 Å². The van der Waals surface area contributed by atoms with E-state index in [4.69, 9.17) is 0 Å². The lowest BCUT2D eigenvalue weighted by Gasteiger charge is -2.14. The SMILES string of the molecule is CCN1CC(C(=O)NCCc2ccc(N(C)C)cc2)CC1=O. The standard InChI is InChI=1S/C17H25N3O2/c1-4-20-12-14(11-16(20)21)17(22)18-10-9-13-5-7-15(8-6-13)19(2)3/h5-8,14H,4,9-12H2,1-3H3,(H,18,22). The van der Waals surface area contributed by atoms with Gasteiger partial charge in [0.25, 0.3) is 0 Å². The number of hydrogen-bond acceptors (Lipinski definition) is 3. The molecule has 0 aliphatic carbocycles. The highest BCUT2D eigenvalue weighted by atomic mass is 16.2. The Hall–Kier alpha value is -2.04. The van der Waals surface area contributed by atoms with Crippen LogP contribution in [0.5, 0.6) is 0 Å². The molecule has 5 nitrogen and oxygen atoms in total. The van der Waals surface area contributed by atoms with E-state index in [0.717, 1.165) is 12.1 Å². The van der Waals surface area contributed by atoms with Gasteiger partial charge >= 0.3 is 0 Å². The summed E-state index contributed by atoms with van der Waals surface area (Å²) in [6.45, 7) is 3.78. The van der Waals surface area contributed by atoms with Crippen LogP contribution in [0.25, 0.3) is 0 Å². The minimum Gasteiger partial charge on any atom is -0.378 e. The molecule has 120 valence electrons. The van der Waals surface area contributed by atoms with Crippen molar-refractivity contribution in [1.82, 2.24) is 10.2 Å². The lowest BCUT2D eigenvalue weighted by atomic mass is 10.1. The molecule has 1 fully saturated rings. The third-order valence-electron chi connectivity index (χ3n) is 4.13. The first-order chi connectivity index (χ1) is 10.5. The van der Waals surface area contributed by atoms with Gasteiger partial charge in [-0.1, -0.05) is 12.1 Å². The molecule has 5 heteroatoms. The number of anilines is 1. The van der Waals surface area contributed by atoms with E-state index in [1.807, 2.05) is 21.0 Å². The van der Waals surface area contributed by atoms with Crippen molar-refractivity contribution in [3.63, 3.8) is 0 Å². The molecule has 22 heavy (non-hydrogen) atoms. The molecule has 0 spiro atoms. The highest BCUT2D eigenvalue weighted by Crippen LogP contribution is 2.17. The molecular formula is C17H25N3O2. The van der Waals surface area contributed by atoms with Gasteiger partial charge in [0.15, 0.2) is 0 Å². The molecule has 1 atom stereocenters. The van der Waals surface area contributed by atoms with Gasteiger partial charge in [0.05, 0.1) is 5.92 Å². The molecule has 0 bridgehead atoms. The van der Waals surface area contributed by atoms with Gasteiger partial charge in [-0.3, -0.25) is 9.59 Å². The fraction of sp³-hybridized carbons (Fsp3) is 0.529. The van der Waals surface area contributed by atoms with Gasteiger partial charge < -0.3 is 15.1 Å². The second-order valence-electron chi connectivity index (χ2n) is 5.94. The first kappa shape index (κ1) is 16.3. The van der Waals surface area contributed by atoms with E-state index in [1.54, 1.807) is 4.90 Å². The van der Waals surface area contributed by atoms with Gasteiger partial charge in [-0.05, 0) is 31.0 Å². The maximum Gasteiger partial charge on any atom is 0.225 e. The fourth-order valence-corrected chi connectivity index (χ4v) is 2.69. The molecule has 1 heterocycles. The van der Waals surface area contributed by atoms with Crippen LogP contribution in [-0.2, 0) is 16.0 Å². The van der Waals surface area contributed by atoms with Crippen LogP contribution >= 0.6 is 0 Å². The average Bonchev–Trinajstić information content (AvgIpc) is 2.89. The van der Waals surface area contributed by atoms with Crippen LogP contribution in [0.15, 0.2) is 24.3 Å². The van der Waals surface area contributed by atoms with Crippen LogP contribution in [0.3, 0.4) is 0 Å². The highest BCUT2D eigenvalue weighted by molar-refractivity contribution is 5.89. The molecule has 1 unspecified atom stereocenters. The first-order valence-corrected chi connectivity index (χ1v) is 7.83. The quantitative estimate of drug-likeness (QED) is 0.861. The number of benzene rings is 1. The number of hydrogen-bond donors (Lipinski definition) is 1. The Balaban J connectivity index is 1.76. The monoisotopic (exact) mass is 303 g/mol. The lowest BCUT2D eigenvalue weighted by Crippen LogP contribution is -2.34. The van der Waals surface area contributed by atoms with Gasteiger partial charge in [0.2, 0.25) is 11.8 Å². The van der Waals surface area contributed by atoms with Crippen LogP contribution in [0.1, 0.15) is 18.9 Å². The summed E-state index contributed by atoms with van der Waals surface area (Å²) in [5, 5.41) is 2.95. The van der Waals surface area contributed by atoms with Crippen LogP contribution < -0.4 is 10.2 Å². The largest absolute Gasteiger partial charge is 0.378 e. The van der Waals surface area contributed by atoms with Gasteiger partial charge in [-0.25, -0.2) is 0 Å². The third-order valence-corrected chi connectivity index (χ3v) is 4.13. The van der Waals surface area contributed by atoms with Crippen molar-refractivity contribution >= 4 is 17.5 Å². The van der Waals surface area contributed by atoms with Crippen LogP contribution in [-0.4, -0.2) is 50.4 Å². The fourth-order valence-electron chi connectivity index (χ4n) is 2.69. The van der Waals surface area contributed by atoms with E-state index >= 15 is 0 Å². The van der Waals surface area contributed by atoms with E-state index in [-0.39, 0.29) is 17.7 Å². The van der Waals surface area contributed by atoms with Crippen LogP contribution in [0, 0.1) is 5.92 Å². The molecule has 1 saturated heterocycles. The molecule has 0 aromatic heterocycles. The zero-order valence-corrected chi connectivity index (χ0v) is 13.6. The Kier molecular flexibility index (Phi) is 5.41. The summed E-state index contributed by atoms with van der Waals surface area (Å²) >= 11 is 0. The molecule has 2 amide bonds. The molecule has 2 rings (SSSR count). The van der Waals surface area contributed by atoms with Crippen molar-refractivity contribution in [1.29, 1.82) is 0 Å². The summed E-state index contributed by atoms with van der Waals surface area (Å²) < 4.78 is 0. The molecule has 1 N–H and O–H groups in total. The van der Waals surface area contributed by atoms with Crippen LogP contribution in [0.2, 0.25) is 0 Å². The predicted octanol–water partition coefficient (Wildman–Crippen LogP) is 1.28. The van der Waals surface area contributed by atoms with E-state index in [9.17, 15) is 9.59 Å². The summed E-state index contributed by atoms with van der Waals surface area (Å²) in [4.78, 5) is 27.5. The summed E-state index contributed by atoms with van der Waals surface area (Å²) in [5.74, 6) is -0.111. The minimum absolute atomic E-state index is 0.00536. The number of nitrogens with zero attached hydrogens (tertiary/aromatic N) is 2. The number of rotatable bonds is 6. The molecule has 1 aliphatic heterocycles. The van der Waals surface area contributed by atoms with E-state index in [1.165, 1.54) is 5.56 Å². The normalized spacial score (nSPS) is 17.7. The van der Waals surface area contributed by atoms with Crippen molar-refractivity contribution in [2.75, 3.05) is 38.6 Å². The number of carbonyl (C=O) groups is 2. The number of carbonyl (C=O) groups excluding carboxylic acids is 2. The molecular weight excluding hydrogens is 278 g/mol. The molecule has 0 radical (unpaired) electrons. The highest BCUT2D eigenvalue weighted by Gasteiger charge is 2.32. The summed E-state index contributed by atoms with van der Waals surface area (Å²) in [5.41, 5.74) is 2.36. The third kappa shape index (κ3) is 4.00. The number of likely N-dealkylation sites (tertiary alicyclic amines) is 1. The number of amides is 2. The Morgan fingerprint density at radius 3 is 2.55 bits per heavy atom. The van der Waals surface area contributed by atoms with Gasteiger partial charge in [-0.2, -0.15) is 0 Å². The maximum absolute atomic E-state index is 12.1. The Labute approximate surface area is 132 Å². The first-order valence-electron chi connectivity index (χ1n) is 7.83. The average molecular weight is 303 g/mol. The van der Waals surface area contributed by atoms with Gasteiger partial charge in [0.1, 0.15) is 0 Å². The maximum atomic E-state index is 12.1. The van der Waals surface area contributed by atoms with Gasteiger partial charge in [0, 0.05) is 45.8 Å².